The Kier molecular flexibility index (Phi) is 3.42. The van der Waals surface area contributed by atoms with Crippen molar-refractivity contribution in [1.29, 1.82) is 0 Å². The highest BCUT2D eigenvalue weighted by atomic mass is 16.5. The highest BCUT2D eigenvalue weighted by molar-refractivity contribution is 4.91. The predicted molar refractivity (Wildman–Crippen MR) is 55.2 cm³/mol. The lowest BCUT2D eigenvalue weighted by Crippen LogP contribution is -2.46. The van der Waals surface area contributed by atoms with Gasteiger partial charge in [0.15, 0.2) is 0 Å². The molecule has 2 aliphatic rings. The van der Waals surface area contributed by atoms with E-state index in [0.29, 0.717) is 18.2 Å². The van der Waals surface area contributed by atoms with Gasteiger partial charge in [0.2, 0.25) is 0 Å². The standard InChI is InChI=1S/C11H21NO2/c1-14-11-7-3-5-9(11)12-8-4-2-6-10(8)13/h8-13H,2-7H2,1H3/t8-,9?,10-,11?/m0/s1. The van der Waals surface area contributed by atoms with Gasteiger partial charge in [0.1, 0.15) is 0 Å². The van der Waals surface area contributed by atoms with Crippen molar-refractivity contribution in [2.45, 2.75) is 62.8 Å². The molecule has 2 rings (SSSR count). The molecule has 0 aliphatic heterocycles. The monoisotopic (exact) mass is 199 g/mol. The molecule has 14 heavy (non-hydrogen) atoms. The van der Waals surface area contributed by atoms with Gasteiger partial charge in [-0.1, -0.05) is 0 Å². The fourth-order valence-corrected chi connectivity index (χ4v) is 2.81. The van der Waals surface area contributed by atoms with Crippen LogP contribution in [-0.4, -0.2) is 36.5 Å². The van der Waals surface area contributed by atoms with E-state index in [9.17, 15) is 5.11 Å². The van der Waals surface area contributed by atoms with E-state index >= 15 is 0 Å². The van der Waals surface area contributed by atoms with Crippen molar-refractivity contribution in [1.82, 2.24) is 5.32 Å². The molecule has 0 spiro atoms. The zero-order chi connectivity index (χ0) is 9.97. The lowest BCUT2D eigenvalue weighted by molar-refractivity contribution is 0.0694. The third-order valence-corrected chi connectivity index (χ3v) is 3.66. The Bertz CT molecular complexity index is 186. The van der Waals surface area contributed by atoms with Gasteiger partial charge in [0.05, 0.1) is 12.2 Å². The van der Waals surface area contributed by atoms with Gasteiger partial charge in [-0.2, -0.15) is 0 Å². The molecule has 0 saturated heterocycles. The van der Waals surface area contributed by atoms with Crippen molar-refractivity contribution >= 4 is 0 Å². The number of methoxy groups -OCH3 is 1. The Morgan fingerprint density at radius 3 is 2.43 bits per heavy atom. The van der Waals surface area contributed by atoms with E-state index in [2.05, 4.69) is 5.32 Å². The van der Waals surface area contributed by atoms with Crippen LogP contribution >= 0.6 is 0 Å². The van der Waals surface area contributed by atoms with E-state index in [1.54, 1.807) is 7.11 Å². The summed E-state index contributed by atoms with van der Waals surface area (Å²) in [5.74, 6) is 0. The molecule has 2 saturated carbocycles. The van der Waals surface area contributed by atoms with Gasteiger partial charge in [-0.3, -0.25) is 0 Å². The number of hydrogen-bond donors (Lipinski definition) is 2. The van der Waals surface area contributed by atoms with Crippen molar-refractivity contribution in [2.24, 2.45) is 0 Å². The van der Waals surface area contributed by atoms with Gasteiger partial charge in [-0.15, -0.1) is 0 Å². The Morgan fingerprint density at radius 1 is 1.07 bits per heavy atom. The Morgan fingerprint density at radius 2 is 1.79 bits per heavy atom. The van der Waals surface area contributed by atoms with E-state index in [1.807, 2.05) is 0 Å². The summed E-state index contributed by atoms with van der Waals surface area (Å²) < 4.78 is 5.43. The van der Waals surface area contributed by atoms with E-state index < -0.39 is 0 Å². The lowest BCUT2D eigenvalue weighted by atomic mass is 10.1. The smallest absolute Gasteiger partial charge is 0.0724 e. The quantitative estimate of drug-likeness (QED) is 0.714. The molecular weight excluding hydrogens is 178 g/mol. The average Bonchev–Trinajstić information content (AvgIpc) is 2.77. The number of ether oxygens (including phenoxy) is 1. The normalized spacial score (nSPS) is 43.3. The zero-order valence-electron chi connectivity index (χ0n) is 8.91. The summed E-state index contributed by atoms with van der Waals surface area (Å²) in [7, 11) is 1.79. The van der Waals surface area contributed by atoms with Crippen LogP contribution in [0.2, 0.25) is 0 Å². The summed E-state index contributed by atoms with van der Waals surface area (Å²) in [5, 5.41) is 13.3. The molecule has 2 N–H and O–H groups in total. The Hall–Kier alpha value is -0.120. The van der Waals surface area contributed by atoms with Crippen LogP contribution in [0.15, 0.2) is 0 Å². The fourth-order valence-electron chi connectivity index (χ4n) is 2.81. The highest BCUT2D eigenvalue weighted by Gasteiger charge is 2.32. The maximum Gasteiger partial charge on any atom is 0.0724 e. The van der Waals surface area contributed by atoms with Gasteiger partial charge < -0.3 is 15.2 Å². The minimum absolute atomic E-state index is 0.131. The van der Waals surface area contributed by atoms with Crippen LogP contribution in [0.4, 0.5) is 0 Å². The van der Waals surface area contributed by atoms with Crippen molar-refractivity contribution in [3.05, 3.63) is 0 Å². The third kappa shape index (κ3) is 2.10. The molecule has 2 unspecified atom stereocenters. The molecule has 4 atom stereocenters. The molecule has 2 aliphatic carbocycles. The van der Waals surface area contributed by atoms with Gasteiger partial charge in [0.25, 0.3) is 0 Å². The molecule has 82 valence electrons. The summed E-state index contributed by atoms with van der Waals surface area (Å²) >= 11 is 0. The second kappa shape index (κ2) is 4.60. The molecule has 0 radical (unpaired) electrons. The molecule has 2 fully saturated rings. The van der Waals surface area contributed by atoms with Crippen molar-refractivity contribution in [3.63, 3.8) is 0 Å². The third-order valence-electron chi connectivity index (χ3n) is 3.66. The van der Waals surface area contributed by atoms with Crippen LogP contribution in [0.25, 0.3) is 0 Å². The van der Waals surface area contributed by atoms with Crippen LogP contribution in [0.3, 0.4) is 0 Å². The lowest BCUT2D eigenvalue weighted by Gasteiger charge is -2.25. The maximum atomic E-state index is 9.70. The Labute approximate surface area is 85.8 Å². The predicted octanol–water partition coefficient (Wildman–Crippen LogP) is 1.06. The van der Waals surface area contributed by atoms with Gasteiger partial charge in [-0.05, 0) is 38.5 Å². The summed E-state index contributed by atoms with van der Waals surface area (Å²) in [5.41, 5.74) is 0. The number of aliphatic hydroxyl groups excluding tert-OH is 1. The first-order chi connectivity index (χ1) is 6.81. The first kappa shape index (κ1) is 10.4. The van der Waals surface area contributed by atoms with Crippen LogP contribution in [0.5, 0.6) is 0 Å². The van der Waals surface area contributed by atoms with Gasteiger partial charge in [0, 0.05) is 19.2 Å². The number of hydrogen-bond acceptors (Lipinski definition) is 3. The number of rotatable bonds is 3. The molecule has 0 bridgehead atoms. The molecule has 0 aromatic carbocycles. The van der Waals surface area contributed by atoms with E-state index in [-0.39, 0.29) is 6.10 Å². The summed E-state index contributed by atoms with van der Waals surface area (Å²) in [6.07, 6.45) is 7.08. The van der Waals surface area contributed by atoms with E-state index in [4.69, 9.17) is 4.74 Å². The van der Waals surface area contributed by atoms with Crippen LogP contribution in [0, 0.1) is 0 Å². The fraction of sp³-hybridized carbons (Fsp3) is 1.00. The molecular formula is C11H21NO2. The van der Waals surface area contributed by atoms with Crippen LogP contribution in [-0.2, 0) is 4.74 Å². The van der Waals surface area contributed by atoms with E-state index in [0.717, 1.165) is 25.7 Å². The molecule has 0 amide bonds. The SMILES string of the molecule is COC1CCCC1N[C@H]1CCC[C@@H]1O. The average molecular weight is 199 g/mol. The van der Waals surface area contributed by atoms with Crippen LogP contribution in [0.1, 0.15) is 38.5 Å². The van der Waals surface area contributed by atoms with E-state index in [1.165, 1.54) is 12.8 Å². The van der Waals surface area contributed by atoms with Crippen molar-refractivity contribution < 1.29 is 9.84 Å². The summed E-state index contributed by atoms with van der Waals surface area (Å²) in [6, 6.07) is 0.786. The maximum absolute atomic E-state index is 9.70. The molecule has 3 heteroatoms. The highest BCUT2D eigenvalue weighted by Crippen LogP contribution is 2.25. The van der Waals surface area contributed by atoms with Gasteiger partial charge in [-0.25, -0.2) is 0 Å². The van der Waals surface area contributed by atoms with Crippen molar-refractivity contribution in [2.75, 3.05) is 7.11 Å². The number of aliphatic hydroxyl groups is 1. The second-order valence-corrected chi connectivity index (χ2v) is 4.58. The van der Waals surface area contributed by atoms with Gasteiger partial charge >= 0.3 is 0 Å². The molecule has 3 nitrogen and oxygen atoms in total. The first-order valence-corrected chi connectivity index (χ1v) is 5.78. The largest absolute Gasteiger partial charge is 0.392 e. The minimum atomic E-state index is -0.131. The zero-order valence-corrected chi connectivity index (χ0v) is 8.91. The first-order valence-electron chi connectivity index (χ1n) is 5.78. The summed E-state index contributed by atoms with van der Waals surface area (Å²) in [6.45, 7) is 0. The molecule has 0 heterocycles. The molecule has 0 aromatic heterocycles. The topological polar surface area (TPSA) is 41.5 Å². The Balaban J connectivity index is 1.83. The molecule has 0 aromatic rings. The number of nitrogens with one attached hydrogen (secondary N) is 1. The minimum Gasteiger partial charge on any atom is -0.392 e. The second-order valence-electron chi connectivity index (χ2n) is 4.58. The van der Waals surface area contributed by atoms with Crippen molar-refractivity contribution in [3.8, 4) is 0 Å². The summed E-state index contributed by atoms with van der Waals surface area (Å²) in [4.78, 5) is 0. The van der Waals surface area contributed by atoms with Crippen LogP contribution < -0.4 is 5.32 Å².